The third-order valence-corrected chi connectivity index (χ3v) is 8.36. The summed E-state index contributed by atoms with van der Waals surface area (Å²) in [5, 5.41) is 8.34. The summed E-state index contributed by atoms with van der Waals surface area (Å²) in [7, 11) is 4.09. The number of rotatable bonds is 5. The van der Waals surface area contributed by atoms with Gasteiger partial charge >= 0.3 is 0 Å². The third kappa shape index (κ3) is 4.24. The molecule has 40 heavy (non-hydrogen) atoms. The van der Waals surface area contributed by atoms with E-state index in [-0.39, 0.29) is 34.1 Å². The number of likely N-dealkylation sites (N-methyl/N-ethyl adjacent to an activating group) is 1. The normalized spacial score (nSPS) is 20.0. The molecule has 5 heterocycles. The Hall–Kier alpha value is -3.83. The van der Waals surface area contributed by atoms with Crippen molar-refractivity contribution in [2.24, 2.45) is 0 Å². The molecule has 2 fully saturated rings. The summed E-state index contributed by atoms with van der Waals surface area (Å²) in [4.78, 5) is 34.7. The number of anilines is 2. The maximum Gasteiger partial charge on any atom is 0.246 e. The lowest BCUT2D eigenvalue weighted by atomic mass is 10.0. The molecule has 10 nitrogen and oxygen atoms in total. The first-order valence-electron chi connectivity index (χ1n) is 13.3. The van der Waals surface area contributed by atoms with Crippen molar-refractivity contribution in [2.45, 2.75) is 32.0 Å². The predicted molar refractivity (Wildman–Crippen MR) is 155 cm³/mol. The fraction of sp³-hybridized carbons (Fsp3) is 0.393. The number of aromatic nitrogens is 5. The Morgan fingerprint density at radius 1 is 1.18 bits per heavy atom. The van der Waals surface area contributed by atoms with E-state index in [1.165, 1.54) is 6.08 Å². The van der Waals surface area contributed by atoms with Crippen LogP contribution in [0.4, 0.5) is 16.2 Å². The third-order valence-electron chi connectivity index (χ3n) is 8.07. The molecule has 2 aliphatic rings. The van der Waals surface area contributed by atoms with E-state index in [0.717, 1.165) is 13.1 Å². The van der Waals surface area contributed by atoms with Gasteiger partial charge in [0.15, 0.2) is 11.5 Å². The molecule has 0 aliphatic carbocycles. The van der Waals surface area contributed by atoms with E-state index in [1.54, 1.807) is 29.4 Å². The van der Waals surface area contributed by atoms with Gasteiger partial charge in [-0.15, -0.1) is 0 Å². The first-order chi connectivity index (χ1) is 19.2. The van der Waals surface area contributed by atoms with Gasteiger partial charge in [-0.1, -0.05) is 18.2 Å². The highest BCUT2D eigenvalue weighted by molar-refractivity contribution is 6.35. The van der Waals surface area contributed by atoms with E-state index in [9.17, 15) is 4.79 Å². The van der Waals surface area contributed by atoms with Crippen LogP contribution in [-0.2, 0) is 4.79 Å². The van der Waals surface area contributed by atoms with Gasteiger partial charge in [0, 0.05) is 72.4 Å². The largest absolute Gasteiger partial charge is 0.349 e. The Kier molecular flexibility index (Phi) is 6.58. The van der Waals surface area contributed by atoms with Gasteiger partial charge in [0.05, 0.1) is 11.2 Å². The number of pyridine rings is 1. The monoisotopic (exact) mass is 563 g/mol. The Labute approximate surface area is 236 Å². The number of hydrogen-bond donors (Lipinski definition) is 1. The topological polar surface area (TPSA) is 97.4 Å². The fourth-order valence-electron chi connectivity index (χ4n) is 5.64. The first kappa shape index (κ1) is 26.4. The molecular weight excluding hydrogens is 533 g/mol. The second-order valence-electron chi connectivity index (χ2n) is 10.8. The molecule has 2 saturated heterocycles. The van der Waals surface area contributed by atoms with Crippen LogP contribution in [0.1, 0.15) is 13.8 Å². The van der Waals surface area contributed by atoms with Crippen LogP contribution in [-0.4, -0.2) is 99.3 Å². The molecule has 1 amide bonds. The van der Waals surface area contributed by atoms with Crippen molar-refractivity contribution in [3.8, 4) is 11.1 Å². The number of amides is 1. The fourth-order valence-corrected chi connectivity index (χ4v) is 5.93. The van der Waals surface area contributed by atoms with E-state index in [4.69, 9.17) is 21.6 Å². The minimum Gasteiger partial charge on any atom is -0.349 e. The van der Waals surface area contributed by atoms with Crippen LogP contribution in [0.2, 0.25) is 5.02 Å². The molecule has 2 atom stereocenters. The lowest BCUT2D eigenvalue weighted by Gasteiger charge is -2.45. The Balaban J connectivity index is 1.52. The highest BCUT2D eigenvalue weighted by Crippen LogP contribution is 2.41. The van der Waals surface area contributed by atoms with Crippen LogP contribution < -0.4 is 9.80 Å². The average molecular weight is 564 g/mol. The molecule has 0 bridgehead atoms. The minimum atomic E-state index is -0.521. The molecule has 4 aromatic rings. The van der Waals surface area contributed by atoms with Crippen LogP contribution in [0.5, 0.6) is 0 Å². The van der Waals surface area contributed by atoms with Gasteiger partial charge in [-0.05, 0) is 46.2 Å². The van der Waals surface area contributed by atoms with Gasteiger partial charge in [0.2, 0.25) is 11.9 Å². The molecule has 0 unspecified atom stereocenters. The molecule has 1 N–H and O–H groups in total. The zero-order chi connectivity index (χ0) is 28.3. The molecule has 208 valence electrons. The molecule has 6 rings (SSSR count). The number of nitrogens with zero attached hydrogens (tertiary/aromatic N) is 8. The summed E-state index contributed by atoms with van der Waals surface area (Å²) in [6, 6.07) is 3.67. The van der Waals surface area contributed by atoms with Gasteiger partial charge in [-0.3, -0.25) is 9.89 Å². The van der Waals surface area contributed by atoms with E-state index in [1.807, 2.05) is 27.9 Å². The predicted octanol–water partition coefficient (Wildman–Crippen LogP) is 3.72. The summed E-state index contributed by atoms with van der Waals surface area (Å²) in [6.45, 7) is 10.2. The molecule has 0 spiro atoms. The van der Waals surface area contributed by atoms with Crippen molar-refractivity contribution in [1.29, 1.82) is 0 Å². The van der Waals surface area contributed by atoms with Gasteiger partial charge < -0.3 is 19.6 Å². The second-order valence-corrected chi connectivity index (χ2v) is 11.3. The molecule has 0 radical (unpaired) electrons. The summed E-state index contributed by atoms with van der Waals surface area (Å²) < 4.78 is 16.6. The number of carbonyl (C=O) groups is 1. The van der Waals surface area contributed by atoms with Crippen LogP contribution in [0, 0.1) is 5.82 Å². The average Bonchev–Trinajstić information content (AvgIpc) is 3.38. The van der Waals surface area contributed by atoms with Crippen molar-refractivity contribution >= 4 is 51.2 Å². The van der Waals surface area contributed by atoms with E-state index in [0.29, 0.717) is 52.9 Å². The molecule has 2 aliphatic heterocycles. The van der Waals surface area contributed by atoms with Gasteiger partial charge in [-0.2, -0.15) is 10.1 Å². The number of halogens is 2. The number of piperazine rings is 1. The number of benzene rings is 1. The van der Waals surface area contributed by atoms with Crippen LogP contribution >= 0.6 is 11.6 Å². The number of H-pyrrole nitrogens is 1. The smallest absolute Gasteiger partial charge is 0.246 e. The lowest BCUT2D eigenvalue weighted by Crippen LogP contribution is -2.59. The number of fused-ring (bicyclic) bond motifs is 2. The Morgan fingerprint density at radius 2 is 1.95 bits per heavy atom. The van der Waals surface area contributed by atoms with Crippen molar-refractivity contribution in [2.75, 3.05) is 50.1 Å². The summed E-state index contributed by atoms with van der Waals surface area (Å²) >= 11 is 6.82. The maximum absolute atomic E-state index is 16.6. The van der Waals surface area contributed by atoms with Crippen molar-refractivity contribution in [3.63, 3.8) is 0 Å². The quantitative estimate of drug-likeness (QED) is 0.367. The van der Waals surface area contributed by atoms with E-state index in [2.05, 4.69) is 36.5 Å². The van der Waals surface area contributed by atoms with Gasteiger partial charge in [0.25, 0.3) is 0 Å². The van der Waals surface area contributed by atoms with Crippen molar-refractivity contribution in [3.05, 3.63) is 48.0 Å². The highest BCUT2D eigenvalue weighted by atomic mass is 35.5. The van der Waals surface area contributed by atoms with Crippen molar-refractivity contribution in [1.82, 2.24) is 34.9 Å². The zero-order valence-electron chi connectivity index (χ0n) is 22.9. The second kappa shape index (κ2) is 9.97. The zero-order valence-corrected chi connectivity index (χ0v) is 23.7. The lowest BCUT2D eigenvalue weighted by molar-refractivity contribution is -0.128. The molecular formula is C28H31ClFN9O. The summed E-state index contributed by atoms with van der Waals surface area (Å²) in [5.41, 5.74) is 1.57. The number of hydrogen-bond acceptors (Lipinski definition) is 8. The molecule has 0 saturated carbocycles. The molecule has 12 heteroatoms. The summed E-state index contributed by atoms with van der Waals surface area (Å²) in [5.74, 6) is 0.449. The number of aromatic amines is 1. The molecule has 1 aromatic carbocycles. The molecule has 3 aromatic heterocycles. The van der Waals surface area contributed by atoms with Crippen LogP contribution in [0.25, 0.3) is 33.1 Å². The first-order valence-corrected chi connectivity index (χ1v) is 13.6. The van der Waals surface area contributed by atoms with Gasteiger partial charge in [0.1, 0.15) is 11.3 Å². The number of nitrogens with one attached hydrogen (secondary N) is 1. The highest BCUT2D eigenvalue weighted by Gasteiger charge is 2.36. The minimum absolute atomic E-state index is 0.0794. The standard InChI is InChI=1S/C28H31ClFN9O/c1-6-22(40)38-11-16(3)39(12-15(38)2)27-19-9-21(29)23(18-7-8-31-26-20(18)10-32-35-26)24(30)25(19)33-28(34-27)37-13-17(14-37)36(4)5/h6-10,15-17H,1,11-14H2,2-5H3,(H,31,32,35)/t15-,16+/m1/s1. The van der Waals surface area contributed by atoms with Crippen LogP contribution in [0.15, 0.2) is 37.2 Å². The van der Waals surface area contributed by atoms with E-state index >= 15 is 4.39 Å². The van der Waals surface area contributed by atoms with Crippen molar-refractivity contribution < 1.29 is 9.18 Å². The Bertz CT molecular complexity index is 1630. The number of carbonyl (C=O) groups excluding carboxylic acids is 1. The van der Waals surface area contributed by atoms with Crippen LogP contribution in [0.3, 0.4) is 0 Å². The van der Waals surface area contributed by atoms with Gasteiger partial charge in [-0.25, -0.2) is 14.4 Å². The summed E-state index contributed by atoms with van der Waals surface area (Å²) in [6.07, 6.45) is 4.55. The Morgan fingerprint density at radius 3 is 2.67 bits per heavy atom. The SMILES string of the molecule is C=CC(=O)N1C[C@H](C)N(c2nc(N3CC(N(C)C)C3)nc3c(F)c(-c4ccnc5[nH]ncc45)c(Cl)cc23)C[C@H]1C. The van der Waals surface area contributed by atoms with E-state index < -0.39 is 5.82 Å². The maximum atomic E-state index is 16.6.